The van der Waals surface area contributed by atoms with Crippen LogP contribution >= 0.6 is 15.9 Å². The lowest BCUT2D eigenvalue weighted by atomic mass is 9.85. The average Bonchev–Trinajstić information content (AvgIpc) is 2.98. The van der Waals surface area contributed by atoms with Crippen molar-refractivity contribution in [2.24, 2.45) is 0 Å². The van der Waals surface area contributed by atoms with E-state index in [9.17, 15) is 4.79 Å². The van der Waals surface area contributed by atoms with Crippen molar-refractivity contribution in [1.29, 1.82) is 0 Å². The van der Waals surface area contributed by atoms with Crippen LogP contribution in [0, 0.1) is 0 Å². The lowest BCUT2D eigenvalue weighted by molar-refractivity contribution is -0.148. The first-order valence-electron chi connectivity index (χ1n) is 6.99. The molecular formula is C16H23BrO3. The molecule has 1 saturated heterocycles. The zero-order valence-electron chi connectivity index (χ0n) is 12.4. The molecule has 20 heavy (non-hydrogen) atoms. The van der Waals surface area contributed by atoms with Gasteiger partial charge < -0.3 is 9.47 Å². The summed E-state index contributed by atoms with van der Waals surface area (Å²) in [4.78, 5) is 11.7. The lowest BCUT2D eigenvalue weighted by Gasteiger charge is -2.22. The van der Waals surface area contributed by atoms with E-state index >= 15 is 0 Å². The third-order valence-electron chi connectivity index (χ3n) is 3.18. The third kappa shape index (κ3) is 5.25. The van der Waals surface area contributed by atoms with E-state index in [0.29, 0.717) is 6.61 Å². The van der Waals surface area contributed by atoms with E-state index in [1.165, 1.54) is 12.8 Å². The second-order valence-electron chi connectivity index (χ2n) is 5.17. The molecule has 0 bridgehead atoms. The Labute approximate surface area is 129 Å². The number of hydrogen-bond acceptors (Lipinski definition) is 3. The van der Waals surface area contributed by atoms with Gasteiger partial charge in [0.05, 0.1) is 12.0 Å². The highest BCUT2D eigenvalue weighted by Crippen LogP contribution is 2.26. The fourth-order valence-corrected chi connectivity index (χ4v) is 2.07. The Morgan fingerprint density at radius 2 is 1.80 bits per heavy atom. The summed E-state index contributed by atoms with van der Waals surface area (Å²) in [7, 11) is 0. The van der Waals surface area contributed by atoms with Crippen molar-refractivity contribution in [3.63, 3.8) is 0 Å². The van der Waals surface area contributed by atoms with E-state index in [4.69, 9.17) is 9.47 Å². The molecule has 0 spiro atoms. The Bertz CT molecular complexity index is 401. The van der Waals surface area contributed by atoms with E-state index in [0.717, 1.165) is 23.2 Å². The highest BCUT2D eigenvalue weighted by molar-refractivity contribution is 9.10. The molecule has 4 heteroatoms. The molecule has 0 saturated carbocycles. The van der Waals surface area contributed by atoms with Gasteiger partial charge in [-0.05, 0) is 51.3 Å². The highest BCUT2D eigenvalue weighted by atomic mass is 79.9. The smallest absolute Gasteiger partial charge is 0.315 e. The van der Waals surface area contributed by atoms with Crippen molar-refractivity contribution in [2.45, 2.75) is 39.0 Å². The number of benzene rings is 1. The Hall–Kier alpha value is -0.870. The summed E-state index contributed by atoms with van der Waals surface area (Å²) in [6.07, 6.45) is 2.56. The molecule has 0 aromatic heterocycles. The van der Waals surface area contributed by atoms with Crippen LogP contribution in [0.25, 0.3) is 0 Å². The first kappa shape index (κ1) is 17.2. The fraction of sp³-hybridized carbons (Fsp3) is 0.562. The molecule has 112 valence electrons. The minimum absolute atomic E-state index is 0.188. The molecule has 0 atom stereocenters. The first-order chi connectivity index (χ1) is 9.48. The van der Waals surface area contributed by atoms with Crippen LogP contribution in [0.2, 0.25) is 0 Å². The molecule has 0 N–H and O–H groups in total. The number of hydrogen-bond donors (Lipinski definition) is 0. The highest BCUT2D eigenvalue weighted by Gasteiger charge is 2.30. The van der Waals surface area contributed by atoms with Gasteiger partial charge in [-0.3, -0.25) is 4.79 Å². The standard InChI is InChI=1S/C12H15BrO2.C4H8O/c1-4-15-11(14)12(2,3)9-5-7-10(13)8-6-9;1-2-4-5-3-1/h5-8H,4H2,1-3H3;1-4H2. The van der Waals surface area contributed by atoms with E-state index in [-0.39, 0.29) is 5.97 Å². The summed E-state index contributed by atoms with van der Waals surface area (Å²) < 4.78 is 11.0. The van der Waals surface area contributed by atoms with Gasteiger partial charge in [-0.1, -0.05) is 28.1 Å². The molecule has 1 aromatic carbocycles. The largest absolute Gasteiger partial charge is 0.465 e. The lowest BCUT2D eigenvalue weighted by Crippen LogP contribution is -2.31. The predicted octanol–water partition coefficient (Wildman–Crippen LogP) is 4.09. The minimum Gasteiger partial charge on any atom is -0.465 e. The van der Waals surface area contributed by atoms with Gasteiger partial charge in [0.15, 0.2) is 0 Å². The van der Waals surface area contributed by atoms with Gasteiger partial charge in [0.1, 0.15) is 0 Å². The van der Waals surface area contributed by atoms with E-state index in [1.54, 1.807) is 0 Å². The maximum Gasteiger partial charge on any atom is 0.315 e. The van der Waals surface area contributed by atoms with Crippen LogP contribution in [0.4, 0.5) is 0 Å². The van der Waals surface area contributed by atoms with Crippen molar-refractivity contribution in [3.05, 3.63) is 34.3 Å². The number of carbonyl (C=O) groups is 1. The molecule has 1 aliphatic rings. The number of halogens is 1. The van der Waals surface area contributed by atoms with Crippen LogP contribution in [0.5, 0.6) is 0 Å². The minimum atomic E-state index is -0.587. The number of rotatable bonds is 3. The van der Waals surface area contributed by atoms with Crippen LogP contribution in [0.1, 0.15) is 39.2 Å². The van der Waals surface area contributed by atoms with Gasteiger partial charge in [-0.2, -0.15) is 0 Å². The Morgan fingerprint density at radius 3 is 2.20 bits per heavy atom. The van der Waals surface area contributed by atoms with Gasteiger partial charge >= 0.3 is 5.97 Å². The first-order valence-corrected chi connectivity index (χ1v) is 7.78. The van der Waals surface area contributed by atoms with Gasteiger partial charge in [-0.15, -0.1) is 0 Å². The summed E-state index contributed by atoms with van der Waals surface area (Å²) in [5, 5.41) is 0. The normalized spacial score (nSPS) is 14.4. The summed E-state index contributed by atoms with van der Waals surface area (Å²) in [5.41, 5.74) is 0.376. The topological polar surface area (TPSA) is 35.5 Å². The molecule has 0 unspecified atom stereocenters. The maximum atomic E-state index is 11.7. The molecule has 1 aliphatic heterocycles. The summed E-state index contributed by atoms with van der Waals surface area (Å²) in [6.45, 7) is 7.97. The van der Waals surface area contributed by atoms with Gasteiger partial charge in [0, 0.05) is 17.7 Å². The monoisotopic (exact) mass is 342 g/mol. The molecule has 1 aromatic rings. The van der Waals surface area contributed by atoms with Crippen LogP contribution in [-0.4, -0.2) is 25.8 Å². The fourth-order valence-electron chi connectivity index (χ4n) is 1.81. The molecule has 0 radical (unpaired) electrons. The maximum absolute atomic E-state index is 11.7. The summed E-state index contributed by atoms with van der Waals surface area (Å²) in [5.74, 6) is -0.188. The molecule has 2 rings (SSSR count). The number of esters is 1. The number of ether oxygens (including phenoxy) is 2. The third-order valence-corrected chi connectivity index (χ3v) is 3.71. The molecular weight excluding hydrogens is 320 g/mol. The van der Waals surface area contributed by atoms with Crippen molar-refractivity contribution >= 4 is 21.9 Å². The van der Waals surface area contributed by atoms with Crippen molar-refractivity contribution in [2.75, 3.05) is 19.8 Å². The van der Waals surface area contributed by atoms with Crippen molar-refractivity contribution in [3.8, 4) is 0 Å². The zero-order valence-corrected chi connectivity index (χ0v) is 14.0. The second kappa shape index (κ2) is 8.42. The molecule has 3 nitrogen and oxygen atoms in total. The van der Waals surface area contributed by atoms with Crippen LogP contribution in [0.15, 0.2) is 28.7 Å². The van der Waals surface area contributed by atoms with E-state index in [1.807, 2.05) is 45.0 Å². The van der Waals surface area contributed by atoms with Gasteiger partial charge in [0.2, 0.25) is 0 Å². The average molecular weight is 343 g/mol. The molecule has 0 aliphatic carbocycles. The molecule has 0 amide bonds. The quantitative estimate of drug-likeness (QED) is 0.776. The summed E-state index contributed by atoms with van der Waals surface area (Å²) >= 11 is 3.36. The Balaban J connectivity index is 0.000000333. The van der Waals surface area contributed by atoms with Crippen LogP contribution in [0.3, 0.4) is 0 Å². The van der Waals surface area contributed by atoms with Crippen molar-refractivity contribution in [1.82, 2.24) is 0 Å². The summed E-state index contributed by atoms with van der Waals surface area (Å²) in [6, 6.07) is 7.72. The Kier molecular flexibility index (Phi) is 7.24. The predicted molar refractivity (Wildman–Crippen MR) is 83.9 cm³/mol. The SMILES string of the molecule is C1CCOC1.CCOC(=O)C(C)(C)c1ccc(Br)cc1. The molecule has 1 heterocycles. The van der Waals surface area contributed by atoms with Gasteiger partial charge in [-0.25, -0.2) is 0 Å². The Morgan fingerprint density at radius 1 is 1.25 bits per heavy atom. The number of carbonyl (C=O) groups excluding carboxylic acids is 1. The van der Waals surface area contributed by atoms with Crippen molar-refractivity contribution < 1.29 is 14.3 Å². The van der Waals surface area contributed by atoms with E-state index in [2.05, 4.69) is 15.9 Å². The van der Waals surface area contributed by atoms with Crippen LogP contribution < -0.4 is 0 Å². The molecule has 1 fully saturated rings. The van der Waals surface area contributed by atoms with E-state index < -0.39 is 5.41 Å². The second-order valence-corrected chi connectivity index (χ2v) is 6.09. The van der Waals surface area contributed by atoms with Gasteiger partial charge in [0.25, 0.3) is 0 Å². The zero-order chi connectivity index (χ0) is 15.0. The van der Waals surface area contributed by atoms with Crippen LogP contribution in [-0.2, 0) is 19.7 Å².